The van der Waals surface area contributed by atoms with Crippen molar-refractivity contribution in [3.05, 3.63) is 82.9 Å². The molecule has 32 heavy (non-hydrogen) atoms. The number of nitrogens with one attached hydrogen (secondary N) is 1. The molecule has 0 spiro atoms. The highest BCUT2D eigenvalue weighted by Crippen LogP contribution is 2.41. The topological polar surface area (TPSA) is 42.3 Å². The monoisotopic (exact) mass is 446 g/mol. The van der Waals surface area contributed by atoms with Gasteiger partial charge in [-0.2, -0.15) is 0 Å². The molecule has 5 nitrogen and oxygen atoms in total. The van der Waals surface area contributed by atoms with E-state index in [1.807, 2.05) is 18.3 Å². The fourth-order valence-corrected chi connectivity index (χ4v) is 5.44. The standard InChI is InChI=1S/C26H30N4OS/c1-17-9-11-20(12-10-17)30-18(2)15-22(19(30)3)25-24(23-8-4-5-13-27-23)28-26(32)29(25)16-21-7-6-14-31-21/h4-5,8-13,15,21,24-25H,6-7,14,16H2,1-3H3,(H,28,32). The van der Waals surface area contributed by atoms with Crippen molar-refractivity contribution in [1.29, 1.82) is 0 Å². The third kappa shape index (κ3) is 3.82. The third-order valence-electron chi connectivity index (χ3n) is 6.70. The molecule has 5 rings (SSSR count). The van der Waals surface area contributed by atoms with E-state index in [1.165, 1.54) is 28.2 Å². The van der Waals surface area contributed by atoms with Crippen LogP contribution >= 0.6 is 12.2 Å². The quantitative estimate of drug-likeness (QED) is 0.562. The minimum Gasteiger partial charge on any atom is -0.376 e. The Balaban J connectivity index is 1.58. The van der Waals surface area contributed by atoms with Gasteiger partial charge in [-0.3, -0.25) is 4.98 Å². The molecule has 3 atom stereocenters. The van der Waals surface area contributed by atoms with Crippen LogP contribution in [0, 0.1) is 20.8 Å². The maximum Gasteiger partial charge on any atom is 0.170 e. The first kappa shape index (κ1) is 21.2. The Morgan fingerprint density at radius 3 is 2.62 bits per heavy atom. The molecular weight excluding hydrogens is 416 g/mol. The number of rotatable bonds is 5. The van der Waals surface area contributed by atoms with Crippen molar-refractivity contribution in [2.45, 2.75) is 51.8 Å². The highest BCUT2D eigenvalue weighted by molar-refractivity contribution is 7.80. The zero-order valence-corrected chi connectivity index (χ0v) is 19.7. The van der Waals surface area contributed by atoms with Gasteiger partial charge in [-0.1, -0.05) is 23.8 Å². The predicted molar refractivity (Wildman–Crippen MR) is 131 cm³/mol. The third-order valence-corrected chi connectivity index (χ3v) is 7.06. The van der Waals surface area contributed by atoms with E-state index in [9.17, 15) is 0 Å². The SMILES string of the molecule is Cc1ccc(-n2c(C)cc(C3C(c4ccccn4)NC(=S)N3CC3CCCO3)c2C)cc1. The number of pyridine rings is 1. The summed E-state index contributed by atoms with van der Waals surface area (Å²) in [7, 11) is 0. The number of hydrogen-bond donors (Lipinski definition) is 1. The zero-order chi connectivity index (χ0) is 22.2. The molecule has 0 bridgehead atoms. The molecule has 3 aromatic rings. The fourth-order valence-electron chi connectivity index (χ4n) is 5.13. The van der Waals surface area contributed by atoms with Crippen molar-refractivity contribution in [2.24, 2.45) is 0 Å². The van der Waals surface area contributed by atoms with Crippen LogP contribution in [0.5, 0.6) is 0 Å². The van der Waals surface area contributed by atoms with Crippen molar-refractivity contribution >= 4 is 17.3 Å². The smallest absolute Gasteiger partial charge is 0.170 e. The number of thiocarbonyl (C=S) groups is 1. The lowest BCUT2D eigenvalue weighted by atomic mass is 9.96. The number of aromatic nitrogens is 2. The molecule has 0 amide bonds. The van der Waals surface area contributed by atoms with E-state index in [0.29, 0.717) is 0 Å². The fraction of sp³-hybridized carbons (Fsp3) is 0.385. The average Bonchev–Trinajstić information content (AvgIpc) is 3.49. The molecule has 2 aromatic heterocycles. The van der Waals surface area contributed by atoms with E-state index in [1.54, 1.807) is 0 Å². The Morgan fingerprint density at radius 1 is 1.12 bits per heavy atom. The summed E-state index contributed by atoms with van der Waals surface area (Å²) in [6.07, 6.45) is 4.28. The maximum absolute atomic E-state index is 5.98. The highest BCUT2D eigenvalue weighted by Gasteiger charge is 2.42. The Bertz CT molecular complexity index is 1100. The molecule has 2 aliphatic rings. The van der Waals surface area contributed by atoms with E-state index in [4.69, 9.17) is 17.0 Å². The van der Waals surface area contributed by atoms with Crippen molar-refractivity contribution in [3.63, 3.8) is 0 Å². The van der Waals surface area contributed by atoms with Gasteiger partial charge in [-0.15, -0.1) is 0 Å². The molecular formula is C26H30N4OS. The van der Waals surface area contributed by atoms with Gasteiger partial charge >= 0.3 is 0 Å². The summed E-state index contributed by atoms with van der Waals surface area (Å²) in [6, 6.07) is 17.2. The summed E-state index contributed by atoms with van der Waals surface area (Å²) in [6.45, 7) is 8.15. The molecule has 1 aromatic carbocycles. The van der Waals surface area contributed by atoms with Gasteiger partial charge in [0.15, 0.2) is 5.11 Å². The Labute approximate surface area is 195 Å². The summed E-state index contributed by atoms with van der Waals surface area (Å²) in [5, 5.41) is 4.35. The molecule has 166 valence electrons. The Kier molecular flexibility index (Phi) is 5.74. The number of hydrogen-bond acceptors (Lipinski definition) is 3. The second-order valence-electron chi connectivity index (χ2n) is 8.91. The molecule has 3 unspecified atom stereocenters. The van der Waals surface area contributed by atoms with Gasteiger partial charge in [0.25, 0.3) is 0 Å². The van der Waals surface area contributed by atoms with Crippen molar-refractivity contribution in [1.82, 2.24) is 19.8 Å². The minimum absolute atomic E-state index is 0.00271. The summed E-state index contributed by atoms with van der Waals surface area (Å²) in [4.78, 5) is 7.00. The molecule has 2 aliphatic heterocycles. The van der Waals surface area contributed by atoms with E-state index in [-0.39, 0.29) is 18.2 Å². The van der Waals surface area contributed by atoms with Crippen molar-refractivity contribution < 1.29 is 4.74 Å². The van der Waals surface area contributed by atoms with Gasteiger partial charge in [-0.25, -0.2) is 0 Å². The van der Waals surface area contributed by atoms with Gasteiger partial charge in [-0.05, 0) is 81.7 Å². The Hall–Kier alpha value is -2.70. The molecule has 2 saturated heterocycles. The number of benzene rings is 1. The van der Waals surface area contributed by atoms with Crippen LogP contribution in [-0.4, -0.2) is 38.8 Å². The Morgan fingerprint density at radius 2 is 1.94 bits per heavy atom. The summed E-state index contributed by atoms with van der Waals surface area (Å²) >= 11 is 5.84. The molecule has 0 saturated carbocycles. The van der Waals surface area contributed by atoms with Gasteiger partial charge in [0.2, 0.25) is 0 Å². The average molecular weight is 447 g/mol. The zero-order valence-electron chi connectivity index (χ0n) is 18.9. The summed E-state index contributed by atoms with van der Waals surface area (Å²) < 4.78 is 8.32. The van der Waals surface area contributed by atoms with E-state index < -0.39 is 0 Å². The lowest BCUT2D eigenvalue weighted by Gasteiger charge is -2.30. The van der Waals surface area contributed by atoms with Crippen LogP contribution in [0.4, 0.5) is 0 Å². The van der Waals surface area contributed by atoms with Crippen LogP contribution < -0.4 is 5.32 Å². The van der Waals surface area contributed by atoms with Crippen LogP contribution in [-0.2, 0) is 4.74 Å². The van der Waals surface area contributed by atoms with Gasteiger partial charge in [0.05, 0.1) is 23.9 Å². The van der Waals surface area contributed by atoms with E-state index in [0.717, 1.165) is 36.8 Å². The first-order chi connectivity index (χ1) is 15.5. The number of ether oxygens (including phenoxy) is 1. The van der Waals surface area contributed by atoms with E-state index >= 15 is 0 Å². The van der Waals surface area contributed by atoms with Crippen LogP contribution in [0.25, 0.3) is 5.69 Å². The van der Waals surface area contributed by atoms with E-state index in [2.05, 4.69) is 76.9 Å². The largest absolute Gasteiger partial charge is 0.376 e. The van der Waals surface area contributed by atoms with Crippen LogP contribution in [0.1, 0.15) is 53.1 Å². The van der Waals surface area contributed by atoms with Crippen LogP contribution in [0.15, 0.2) is 54.7 Å². The van der Waals surface area contributed by atoms with Crippen molar-refractivity contribution in [2.75, 3.05) is 13.2 Å². The molecule has 0 aliphatic carbocycles. The lowest BCUT2D eigenvalue weighted by molar-refractivity contribution is 0.0842. The second-order valence-corrected chi connectivity index (χ2v) is 9.30. The van der Waals surface area contributed by atoms with Crippen LogP contribution in [0.2, 0.25) is 0 Å². The number of aryl methyl sites for hydroxylation is 2. The number of nitrogens with zero attached hydrogens (tertiary/aromatic N) is 3. The lowest BCUT2D eigenvalue weighted by Crippen LogP contribution is -2.36. The molecule has 1 N–H and O–H groups in total. The highest BCUT2D eigenvalue weighted by atomic mass is 32.1. The predicted octanol–water partition coefficient (Wildman–Crippen LogP) is 4.95. The minimum atomic E-state index is -0.00271. The second kappa shape index (κ2) is 8.68. The molecule has 2 fully saturated rings. The first-order valence-electron chi connectivity index (χ1n) is 11.4. The van der Waals surface area contributed by atoms with Gasteiger partial charge < -0.3 is 19.5 Å². The maximum atomic E-state index is 5.98. The molecule has 4 heterocycles. The normalized spacial score (nSPS) is 23.0. The van der Waals surface area contributed by atoms with Crippen LogP contribution in [0.3, 0.4) is 0 Å². The van der Waals surface area contributed by atoms with Gasteiger partial charge in [0.1, 0.15) is 0 Å². The van der Waals surface area contributed by atoms with Crippen molar-refractivity contribution in [3.8, 4) is 5.69 Å². The first-order valence-corrected chi connectivity index (χ1v) is 11.8. The molecule has 0 radical (unpaired) electrons. The molecule has 6 heteroatoms. The summed E-state index contributed by atoms with van der Waals surface area (Å²) in [5.74, 6) is 0. The summed E-state index contributed by atoms with van der Waals surface area (Å²) in [5.41, 5.74) is 7.20. The van der Waals surface area contributed by atoms with Gasteiger partial charge in [0, 0.05) is 36.4 Å².